The van der Waals surface area contributed by atoms with E-state index in [4.69, 9.17) is 16.3 Å². The van der Waals surface area contributed by atoms with Crippen molar-refractivity contribution in [2.75, 3.05) is 11.9 Å². The molecule has 3 heteroatoms. The van der Waals surface area contributed by atoms with E-state index in [0.717, 1.165) is 17.8 Å². The van der Waals surface area contributed by atoms with Crippen LogP contribution in [0.4, 0.5) is 5.69 Å². The van der Waals surface area contributed by atoms with Crippen LogP contribution >= 0.6 is 11.6 Å². The Labute approximate surface area is 131 Å². The first kappa shape index (κ1) is 15.5. The molecule has 0 aliphatic carbocycles. The van der Waals surface area contributed by atoms with Crippen molar-refractivity contribution >= 4 is 17.3 Å². The molecule has 0 spiro atoms. The van der Waals surface area contributed by atoms with Crippen LogP contribution in [0.25, 0.3) is 0 Å². The van der Waals surface area contributed by atoms with Crippen LogP contribution in [-0.4, -0.2) is 6.61 Å². The predicted molar refractivity (Wildman–Crippen MR) is 90.4 cm³/mol. The second-order valence-corrected chi connectivity index (χ2v) is 5.44. The monoisotopic (exact) mass is 301 g/mol. The third-order valence-corrected chi connectivity index (χ3v) is 3.51. The molecule has 0 aromatic heterocycles. The van der Waals surface area contributed by atoms with Gasteiger partial charge in [0, 0.05) is 12.2 Å². The van der Waals surface area contributed by atoms with Gasteiger partial charge >= 0.3 is 0 Å². The van der Waals surface area contributed by atoms with Gasteiger partial charge in [0.2, 0.25) is 0 Å². The summed E-state index contributed by atoms with van der Waals surface area (Å²) in [6, 6.07) is 12.2. The second kappa shape index (κ2) is 7.19. The molecule has 110 valence electrons. The fourth-order valence-electron chi connectivity index (χ4n) is 2.13. The Balaban J connectivity index is 2.03. The van der Waals surface area contributed by atoms with Crippen molar-refractivity contribution in [3.63, 3.8) is 0 Å². The molecule has 2 aromatic rings. The van der Waals surface area contributed by atoms with E-state index in [1.807, 2.05) is 18.2 Å². The highest BCUT2D eigenvalue weighted by Gasteiger charge is 2.04. The molecule has 2 rings (SSSR count). The van der Waals surface area contributed by atoms with Crippen LogP contribution in [0.3, 0.4) is 0 Å². The summed E-state index contributed by atoms with van der Waals surface area (Å²) >= 11 is 6.21. The Bertz CT molecular complexity index is 637. The molecule has 2 nitrogen and oxygen atoms in total. The summed E-state index contributed by atoms with van der Waals surface area (Å²) in [6.07, 6.45) is 1.70. The summed E-state index contributed by atoms with van der Waals surface area (Å²) in [5.74, 6) is 0.687. The van der Waals surface area contributed by atoms with Gasteiger partial charge in [-0.25, -0.2) is 0 Å². The van der Waals surface area contributed by atoms with Crippen molar-refractivity contribution in [3.8, 4) is 5.75 Å². The minimum absolute atomic E-state index is 0.458. The highest BCUT2D eigenvalue weighted by atomic mass is 35.5. The molecular weight excluding hydrogens is 282 g/mol. The van der Waals surface area contributed by atoms with E-state index in [9.17, 15) is 0 Å². The van der Waals surface area contributed by atoms with Crippen molar-refractivity contribution in [1.82, 2.24) is 0 Å². The van der Waals surface area contributed by atoms with Crippen LogP contribution in [0.2, 0.25) is 5.02 Å². The third-order valence-electron chi connectivity index (χ3n) is 3.22. The quantitative estimate of drug-likeness (QED) is 0.746. The lowest BCUT2D eigenvalue weighted by Crippen LogP contribution is -2.02. The molecule has 0 aliphatic rings. The molecule has 0 aliphatic heterocycles. The minimum Gasteiger partial charge on any atom is -0.488 e. The van der Waals surface area contributed by atoms with Crippen LogP contribution < -0.4 is 10.1 Å². The van der Waals surface area contributed by atoms with E-state index < -0.39 is 0 Å². The zero-order valence-corrected chi connectivity index (χ0v) is 13.2. The van der Waals surface area contributed by atoms with E-state index in [1.54, 1.807) is 6.08 Å². The number of halogens is 1. The summed E-state index contributed by atoms with van der Waals surface area (Å²) in [5, 5.41) is 4.05. The minimum atomic E-state index is 0.458. The topological polar surface area (TPSA) is 21.3 Å². The summed E-state index contributed by atoms with van der Waals surface area (Å²) < 4.78 is 5.47. The lowest BCUT2D eigenvalue weighted by Gasteiger charge is -2.12. The maximum atomic E-state index is 6.21. The number of rotatable bonds is 6. The molecule has 0 unspecified atom stereocenters. The van der Waals surface area contributed by atoms with Gasteiger partial charge in [-0.1, -0.05) is 48.0 Å². The van der Waals surface area contributed by atoms with Gasteiger partial charge in [0.25, 0.3) is 0 Å². The number of aryl methyl sites for hydroxylation is 2. The molecule has 1 N–H and O–H groups in total. The van der Waals surface area contributed by atoms with Gasteiger partial charge in [-0.3, -0.25) is 0 Å². The SMILES string of the molecule is C=CCOc1ccc(CNc2ccc(C)cc2C)cc1Cl. The third kappa shape index (κ3) is 4.27. The van der Waals surface area contributed by atoms with Gasteiger partial charge in [-0.15, -0.1) is 0 Å². The highest BCUT2D eigenvalue weighted by molar-refractivity contribution is 6.32. The molecule has 0 atom stereocenters. The van der Waals surface area contributed by atoms with Crippen molar-refractivity contribution in [1.29, 1.82) is 0 Å². The number of benzene rings is 2. The summed E-state index contributed by atoms with van der Waals surface area (Å²) in [6.45, 7) is 9.01. The lowest BCUT2D eigenvalue weighted by atomic mass is 10.1. The Hall–Kier alpha value is -1.93. The Morgan fingerprint density at radius 3 is 2.67 bits per heavy atom. The average Bonchev–Trinajstić information content (AvgIpc) is 2.45. The fourth-order valence-corrected chi connectivity index (χ4v) is 2.39. The Kier molecular flexibility index (Phi) is 5.29. The van der Waals surface area contributed by atoms with Crippen LogP contribution in [-0.2, 0) is 6.54 Å². The normalized spacial score (nSPS) is 10.2. The van der Waals surface area contributed by atoms with Crippen molar-refractivity contribution < 1.29 is 4.74 Å². The Morgan fingerprint density at radius 2 is 2.00 bits per heavy atom. The Morgan fingerprint density at radius 1 is 1.19 bits per heavy atom. The zero-order chi connectivity index (χ0) is 15.2. The number of hydrogen-bond donors (Lipinski definition) is 1. The first-order valence-corrected chi connectivity index (χ1v) is 7.31. The maximum absolute atomic E-state index is 6.21. The van der Waals surface area contributed by atoms with E-state index in [2.05, 4.69) is 43.9 Å². The molecule has 0 amide bonds. The first-order chi connectivity index (χ1) is 10.1. The molecule has 2 aromatic carbocycles. The van der Waals surface area contributed by atoms with Crippen LogP contribution in [0.1, 0.15) is 16.7 Å². The van der Waals surface area contributed by atoms with Gasteiger partial charge in [0.05, 0.1) is 5.02 Å². The zero-order valence-electron chi connectivity index (χ0n) is 12.4. The summed E-state index contributed by atoms with van der Waals surface area (Å²) in [5.41, 5.74) is 4.77. The molecule has 0 bridgehead atoms. The number of nitrogens with one attached hydrogen (secondary N) is 1. The highest BCUT2D eigenvalue weighted by Crippen LogP contribution is 2.26. The van der Waals surface area contributed by atoms with Gasteiger partial charge in [-0.05, 0) is 43.2 Å². The number of hydrogen-bond acceptors (Lipinski definition) is 2. The van der Waals surface area contributed by atoms with E-state index in [-0.39, 0.29) is 0 Å². The standard InChI is InChI=1S/C18H20ClNO/c1-4-9-21-18-8-6-15(11-16(18)19)12-20-17-7-5-13(2)10-14(17)3/h4-8,10-11,20H,1,9,12H2,2-3H3. The molecule has 0 saturated carbocycles. The van der Waals surface area contributed by atoms with Gasteiger partial charge < -0.3 is 10.1 Å². The largest absolute Gasteiger partial charge is 0.488 e. The molecular formula is C18H20ClNO. The smallest absolute Gasteiger partial charge is 0.138 e. The first-order valence-electron chi connectivity index (χ1n) is 6.93. The van der Waals surface area contributed by atoms with Crippen molar-refractivity contribution in [3.05, 3.63) is 70.8 Å². The molecule has 0 saturated heterocycles. The van der Waals surface area contributed by atoms with Gasteiger partial charge in [0.15, 0.2) is 0 Å². The summed E-state index contributed by atoms with van der Waals surface area (Å²) in [4.78, 5) is 0. The van der Waals surface area contributed by atoms with Crippen molar-refractivity contribution in [2.45, 2.75) is 20.4 Å². The number of ether oxygens (including phenoxy) is 1. The van der Waals surface area contributed by atoms with Crippen LogP contribution in [0, 0.1) is 13.8 Å². The van der Waals surface area contributed by atoms with E-state index in [0.29, 0.717) is 17.4 Å². The second-order valence-electron chi connectivity index (χ2n) is 5.04. The van der Waals surface area contributed by atoms with Crippen LogP contribution in [0.5, 0.6) is 5.75 Å². The van der Waals surface area contributed by atoms with E-state index in [1.165, 1.54) is 11.1 Å². The fraction of sp³-hybridized carbons (Fsp3) is 0.222. The molecule has 0 fully saturated rings. The summed E-state index contributed by atoms with van der Waals surface area (Å²) in [7, 11) is 0. The van der Waals surface area contributed by atoms with E-state index >= 15 is 0 Å². The number of anilines is 1. The van der Waals surface area contributed by atoms with Crippen LogP contribution in [0.15, 0.2) is 49.1 Å². The average molecular weight is 302 g/mol. The van der Waals surface area contributed by atoms with Gasteiger partial charge in [0.1, 0.15) is 12.4 Å². The van der Waals surface area contributed by atoms with Gasteiger partial charge in [-0.2, -0.15) is 0 Å². The molecule has 0 radical (unpaired) electrons. The predicted octanol–water partition coefficient (Wildman–Crippen LogP) is 5.13. The molecule has 21 heavy (non-hydrogen) atoms. The maximum Gasteiger partial charge on any atom is 0.138 e. The van der Waals surface area contributed by atoms with Crippen molar-refractivity contribution in [2.24, 2.45) is 0 Å². The molecule has 0 heterocycles. The lowest BCUT2D eigenvalue weighted by molar-refractivity contribution is 0.363.